The second kappa shape index (κ2) is 9.18. The van der Waals surface area contributed by atoms with Gasteiger partial charge in [0.15, 0.2) is 5.69 Å². The van der Waals surface area contributed by atoms with Crippen LogP contribution in [0.2, 0.25) is 0 Å². The number of nitrogens with zero attached hydrogens (tertiary/aromatic N) is 3. The van der Waals surface area contributed by atoms with Crippen LogP contribution in [0.1, 0.15) is 34.6 Å². The van der Waals surface area contributed by atoms with Crippen LogP contribution in [0.3, 0.4) is 0 Å². The summed E-state index contributed by atoms with van der Waals surface area (Å²) >= 11 is 0. The van der Waals surface area contributed by atoms with Crippen molar-refractivity contribution in [1.29, 1.82) is 0 Å². The molecule has 2 heterocycles. The Morgan fingerprint density at radius 1 is 1.26 bits per heavy atom. The first-order valence-electron chi connectivity index (χ1n) is 10.3. The smallest absolute Gasteiger partial charge is 0.278 e. The summed E-state index contributed by atoms with van der Waals surface area (Å²) in [7, 11) is 1.60. The van der Waals surface area contributed by atoms with Crippen molar-refractivity contribution in [3.8, 4) is 17.2 Å². The number of aryl methyl sites for hydroxylation is 1. The maximum absolute atomic E-state index is 13.0. The highest BCUT2D eigenvalue weighted by Gasteiger charge is 2.21. The Labute approximate surface area is 181 Å². The van der Waals surface area contributed by atoms with Crippen molar-refractivity contribution in [2.24, 2.45) is 0 Å². The number of nitrogens with one attached hydrogen (secondary N) is 1. The largest absolute Gasteiger partial charge is 0.497 e. The number of benzene rings is 2. The average molecular weight is 422 g/mol. The number of methoxy groups -OCH3 is 1. The van der Waals surface area contributed by atoms with Gasteiger partial charge < -0.3 is 19.5 Å². The molecule has 1 aromatic heterocycles. The number of ether oxygens (including phenoxy) is 3. The van der Waals surface area contributed by atoms with E-state index in [4.69, 9.17) is 14.2 Å². The minimum absolute atomic E-state index is 0.0917. The zero-order valence-electron chi connectivity index (χ0n) is 17.9. The van der Waals surface area contributed by atoms with Crippen LogP contribution in [0.4, 0.5) is 5.69 Å². The van der Waals surface area contributed by atoms with E-state index in [0.717, 1.165) is 30.7 Å². The maximum atomic E-state index is 13.0. The molecule has 0 bridgehead atoms. The molecule has 3 aromatic rings. The molecule has 31 heavy (non-hydrogen) atoms. The summed E-state index contributed by atoms with van der Waals surface area (Å²) < 4.78 is 18.5. The third-order valence-corrected chi connectivity index (χ3v) is 5.24. The molecule has 1 saturated heterocycles. The van der Waals surface area contributed by atoms with Gasteiger partial charge in [-0.1, -0.05) is 17.3 Å². The van der Waals surface area contributed by atoms with Gasteiger partial charge in [-0.15, -0.1) is 5.10 Å². The van der Waals surface area contributed by atoms with Gasteiger partial charge >= 0.3 is 0 Å². The number of hydrogen-bond donors (Lipinski definition) is 1. The molecule has 1 aliphatic rings. The fourth-order valence-electron chi connectivity index (χ4n) is 3.52. The first-order chi connectivity index (χ1) is 15.0. The van der Waals surface area contributed by atoms with Crippen LogP contribution < -0.4 is 14.8 Å². The van der Waals surface area contributed by atoms with Crippen molar-refractivity contribution < 1.29 is 19.0 Å². The average Bonchev–Trinajstić information content (AvgIpc) is 3.43. The molecule has 0 spiro atoms. The van der Waals surface area contributed by atoms with E-state index in [2.05, 4.69) is 15.6 Å². The van der Waals surface area contributed by atoms with E-state index in [0.29, 0.717) is 29.5 Å². The third kappa shape index (κ3) is 4.69. The molecule has 1 fully saturated rings. The fourth-order valence-corrected chi connectivity index (χ4v) is 3.52. The van der Waals surface area contributed by atoms with Gasteiger partial charge in [0.05, 0.1) is 30.3 Å². The van der Waals surface area contributed by atoms with Crippen molar-refractivity contribution in [2.75, 3.05) is 25.6 Å². The Hall–Kier alpha value is -3.39. The molecular formula is C23H26N4O4. The molecule has 1 aliphatic heterocycles. The summed E-state index contributed by atoms with van der Waals surface area (Å²) in [6, 6.07) is 13.1. The number of aromatic nitrogens is 3. The van der Waals surface area contributed by atoms with Crippen molar-refractivity contribution in [2.45, 2.75) is 32.8 Å². The van der Waals surface area contributed by atoms with Crippen LogP contribution in [0, 0.1) is 13.8 Å². The number of carbonyl (C=O) groups excluding carboxylic acids is 1. The molecule has 1 unspecified atom stereocenters. The Morgan fingerprint density at radius 3 is 2.90 bits per heavy atom. The molecule has 1 N–H and O–H groups in total. The monoisotopic (exact) mass is 422 g/mol. The van der Waals surface area contributed by atoms with E-state index < -0.39 is 0 Å². The van der Waals surface area contributed by atoms with Crippen LogP contribution in [-0.2, 0) is 4.74 Å². The van der Waals surface area contributed by atoms with Crippen molar-refractivity contribution in [3.63, 3.8) is 0 Å². The lowest BCUT2D eigenvalue weighted by atomic mass is 10.2. The Bertz CT molecular complexity index is 1070. The van der Waals surface area contributed by atoms with E-state index in [1.165, 1.54) is 0 Å². The van der Waals surface area contributed by atoms with Crippen LogP contribution in [0.25, 0.3) is 5.69 Å². The molecule has 0 radical (unpaired) electrons. The van der Waals surface area contributed by atoms with Crippen molar-refractivity contribution in [1.82, 2.24) is 15.0 Å². The minimum atomic E-state index is -0.350. The quantitative estimate of drug-likeness (QED) is 0.625. The van der Waals surface area contributed by atoms with Gasteiger partial charge in [-0.05, 0) is 56.5 Å². The van der Waals surface area contributed by atoms with E-state index in [-0.39, 0.29) is 17.7 Å². The predicted octanol–water partition coefficient (Wildman–Crippen LogP) is 3.70. The van der Waals surface area contributed by atoms with Crippen molar-refractivity contribution >= 4 is 11.6 Å². The second-order valence-electron chi connectivity index (χ2n) is 7.54. The minimum Gasteiger partial charge on any atom is -0.497 e. The molecular weight excluding hydrogens is 396 g/mol. The summed E-state index contributed by atoms with van der Waals surface area (Å²) in [4.78, 5) is 13.0. The summed E-state index contributed by atoms with van der Waals surface area (Å²) in [6.45, 7) is 5.01. The van der Waals surface area contributed by atoms with E-state index in [1.807, 2.05) is 49.4 Å². The molecule has 0 saturated carbocycles. The van der Waals surface area contributed by atoms with E-state index >= 15 is 0 Å². The lowest BCUT2D eigenvalue weighted by molar-refractivity contribution is 0.0681. The van der Waals surface area contributed by atoms with Gasteiger partial charge in [-0.3, -0.25) is 4.79 Å². The van der Waals surface area contributed by atoms with Crippen molar-refractivity contribution in [3.05, 3.63) is 59.4 Å². The Morgan fingerprint density at radius 2 is 2.13 bits per heavy atom. The lowest BCUT2D eigenvalue weighted by Crippen LogP contribution is -2.18. The van der Waals surface area contributed by atoms with E-state index in [9.17, 15) is 4.79 Å². The number of anilines is 1. The highest BCUT2D eigenvalue weighted by molar-refractivity contribution is 6.04. The number of amides is 1. The molecule has 162 valence electrons. The van der Waals surface area contributed by atoms with Crippen LogP contribution >= 0.6 is 0 Å². The van der Waals surface area contributed by atoms with Crippen LogP contribution in [-0.4, -0.2) is 47.3 Å². The first-order valence-corrected chi connectivity index (χ1v) is 10.3. The number of hydrogen-bond acceptors (Lipinski definition) is 6. The Kier molecular flexibility index (Phi) is 6.18. The number of carbonyl (C=O) groups is 1. The van der Waals surface area contributed by atoms with Gasteiger partial charge in [0.25, 0.3) is 5.91 Å². The highest BCUT2D eigenvalue weighted by Crippen LogP contribution is 2.28. The van der Waals surface area contributed by atoms with Gasteiger partial charge in [0, 0.05) is 12.7 Å². The van der Waals surface area contributed by atoms with E-state index in [1.54, 1.807) is 18.7 Å². The normalized spacial score (nSPS) is 15.6. The molecule has 0 aliphatic carbocycles. The molecule has 2 aromatic carbocycles. The summed E-state index contributed by atoms with van der Waals surface area (Å²) in [5.74, 6) is 0.963. The third-order valence-electron chi connectivity index (χ3n) is 5.24. The highest BCUT2D eigenvalue weighted by atomic mass is 16.5. The van der Waals surface area contributed by atoms with Gasteiger partial charge in [-0.2, -0.15) is 0 Å². The SMILES string of the molecule is COc1cccc(-n2nnc(C(=O)Nc3ccc(C)cc3OCC3CCCO3)c2C)c1. The van der Waals surface area contributed by atoms with Gasteiger partial charge in [0.1, 0.15) is 18.1 Å². The molecule has 4 rings (SSSR count). The standard InChI is InChI=1S/C23H26N4O4/c1-15-9-10-20(21(12-15)31-14-19-8-5-11-30-19)24-23(28)22-16(2)27(26-25-22)17-6-4-7-18(13-17)29-3/h4,6-7,9-10,12-13,19H,5,8,11,14H2,1-3H3,(H,24,28). The van der Waals surface area contributed by atoms with Crippen LogP contribution in [0.15, 0.2) is 42.5 Å². The summed E-state index contributed by atoms with van der Waals surface area (Å²) in [6.07, 6.45) is 2.13. The summed E-state index contributed by atoms with van der Waals surface area (Å²) in [5.41, 5.74) is 3.26. The topological polar surface area (TPSA) is 87.5 Å². The van der Waals surface area contributed by atoms with Crippen LogP contribution in [0.5, 0.6) is 11.5 Å². The predicted molar refractivity (Wildman–Crippen MR) is 116 cm³/mol. The zero-order valence-corrected chi connectivity index (χ0v) is 17.9. The molecule has 8 heteroatoms. The van der Waals surface area contributed by atoms with Gasteiger partial charge in [0.2, 0.25) is 0 Å². The maximum Gasteiger partial charge on any atom is 0.278 e. The molecule has 8 nitrogen and oxygen atoms in total. The lowest BCUT2D eigenvalue weighted by Gasteiger charge is -2.15. The molecule has 1 amide bonds. The Balaban J connectivity index is 1.52. The number of rotatable bonds is 7. The molecule has 1 atom stereocenters. The fraction of sp³-hybridized carbons (Fsp3) is 0.348. The summed E-state index contributed by atoms with van der Waals surface area (Å²) in [5, 5.41) is 11.2. The zero-order chi connectivity index (χ0) is 21.8. The first kappa shape index (κ1) is 20.9. The van der Waals surface area contributed by atoms with Gasteiger partial charge in [-0.25, -0.2) is 4.68 Å². The second-order valence-corrected chi connectivity index (χ2v) is 7.54.